The first-order valence-corrected chi connectivity index (χ1v) is 5.97. The smallest absolute Gasteiger partial charge is 0.261 e. The van der Waals surface area contributed by atoms with Gasteiger partial charge in [-0.3, -0.25) is 14.5 Å². The Bertz CT molecular complexity index is 520. The second kappa shape index (κ2) is 4.10. The number of hydrogen-bond donors (Lipinski definition) is 1. The van der Waals surface area contributed by atoms with Crippen molar-refractivity contribution in [3.8, 4) is 5.75 Å². The van der Waals surface area contributed by atoms with Crippen LogP contribution in [0.4, 0.5) is 0 Å². The Hall–Kier alpha value is -1.88. The van der Waals surface area contributed by atoms with Crippen molar-refractivity contribution in [1.82, 2.24) is 4.90 Å². The third kappa shape index (κ3) is 1.67. The molecule has 2 heterocycles. The van der Waals surface area contributed by atoms with Gasteiger partial charge in [-0.15, -0.1) is 0 Å². The minimum absolute atomic E-state index is 0.00568. The van der Waals surface area contributed by atoms with Crippen LogP contribution >= 0.6 is 0 Å². The summed E-state index contributed by atoms with van der Waals surface area (Å²) in [6, 6.07) is 4.24. The molecule has 5 heteroatoms. The molecule has 2 amide bonds. The van der Waals surface area contributed by atoms with Crippen LogP contribution in [-0.4, -0.2) is 41.1 Å². The number of phenols is 1. The van der Waals surface area contributed by atoms with Crippen molar-refractivity contribution < 1.29 is 19.4 Å². The molecule has 0 radical (unpaired) electrons. The Morgan fingerprint density at radius 3 is 2.78 bits per heavy atom. The minimum atomic E-state index is -0.346. The second-order valence-corrected chi connectivity index (χ2v) is 4.59. The van der Waals surface area contributed by atoms with Crippen LogP contribution in [0.25, 0.3) is 0 Å². The number of nitrogens with zero attached hydrogens (tertiary/aromatic N) is 1. The van der Waals surface area contributed by atoms with Gasteiger partial charge in [-0.2, -0.15) is 0 Å². The van der Waals surface area contributed by atoms with Gasteiger partial charge in [-0.25, -0.2) is 0 Å². The average molecular weight is 247 g/mol. The Morgan fingerprint density at radius 2 is 2.06 bits per heavy atom. The minimum Gasteiger partial charge on any atom is -0.508 e. The zero-order valence-corrected chi connectivity index (χ0v) is 9.76. The quantitative estimate of drug-likeness (QED) is 0.796. The molecule has 94 valence electrons. The molecule has 1 aromatic rings. The van der Waals surface area contributed by atoms with Gasteiger partial charge in [0.05, 0.1) is 23.8 Å². The van der Waals surface area contributed by atoms with Gasteiger partial charge in [0.1, 0.15) is 5.75 Å². The van der Waals surface area contributed by atoms with Crippen molar-refractivity contribution in [2.24, 2.45) is 0 Å². The van der Waals surface area contributed by atoms with E-state index < -0.39 is 0 Å². The summed E-state index contributed by atoms with van der Waals surface area (Å²) in [5, 5.41) is 9.36. The van der Waals surface area contributed by atoms with E-state index in [4.69, 9.17) is 4.74 Å². The van der Waals surface area contributed by atoms with Gasteiger partial charge in [0.25, 0.3) is 11.8 Å². The molecule has 1 fully saturated rings. The number of imide groups is 1. The molecule has 1 unspecified atom stereocenters. The van der Waals surface area contributed by atoms with Crippen molar-refractivity contribution in [2.75, 3.05) is 13.2 Å². The van der Waals surface area contributed by atoms with Crippen LogP contribution in [0.2, 0.25) is 0 Å². The first-order valence-electron chi connectivity index (χ1n) is 5.97. The van der Waals surface area contributed by atoms with Crippen molar-refractivity contribution in [1.29, 1.82) is 0 Å². The fraction of sp³-hybridized carbons (Fsp3) is 0.385. The summed E-state index contributed by atoms with van der Waals surface area (Å²) < 4.78 is 5.44. The normalized spacial score (nSPS) is 22.7. The molecule has 1 atom stereocenters. The zero-order valence-electron chi connectivity index (χ0n) is 9.76. The van der Waals surface area contributed by atoms with E-state index in [2.05, 4.69) is 0 Å². The number of hydrogen-bond acceptors (Lipinski definition) is 4. The van der Waals surface area contributed by atoms with Gasteiger partial charge in [0.2, 0.25) is 0 Å². The second-order valence-electron chi connectivity index (χ2n) is 4.59. The van der Waals surface area contributed by atoms with E-state index in [1.165, 1.54) is 23.1 Å². The number of amides is 2. The van der Waals surface area contributed by atoms with Crippen molar-refractivity contribution in [2.45, 2.75) is 18.9 Å². The van der Waals surface area contributed by atoms with Crippen LogP contribution in [0.5, 0.6) is 5.75 Å². The highest BCUT2D eigenvalue weighted by Gasteiger charge is 2.37. The number of rotatable bonds is 2. The van der Waals surface area contributed by atoms with Gasteiger partial charge >= 0.3 is 0 Å². The Kier molecular flexibility index (Phi) is 2.56. The van der Waals surface area contributed by atoms with E-state index in [1.807, 2.05) is 0 Å². The van der Waals surface area contributed by atoms with E-state index in [0.29, 0.717) is 18.7 Å². The first-order chi connectivity index (χ1) is 8.66. The lowest BCUT2D eigenvalue weighted by Crippen LogP contribution is -2.36. The summed E-state index contributed by atoms with van der Waals surface area (Å²) in [6.07, 6.45) is 1.79. The Morgan fingerprint density at radius 1 is 1.28 bits per heavy atom. The molecule has 0 spiro atoms. The maximum Gasteiger partial charge on any atom is 0.261 e. The lowest BCUT2D eigenvalue weighted by Gasteiger charge is -2.17. The van der Waals surface area contributed by atoms with Gasteiger partial charge in [-0.1, -0.05) is 0 Å². The molecule has 3 rings (SSSR count). The fourth-order valence-electron chi connectivity index (χ4n) is 2.44. The monoisotopic (exact) mass is 247 g/mol. The third-order valence-electron chi connectivity index (χ3n) is 3.36. The standard InChI is InChI=1S/C13H13NO4/c15-8-3-4-10-11(6-8)13(17)14(12(10)16)7-9-2-1-5-18-9/h3-4,6,9,15H,1-2,5,7H2. The van der Waals surface area contributed by atoms with Gasteiger partial charge < -0.3 is 9.84 Å². The van der Waals surface area contributed by atoms with Crippen LogP contribution in [-0.2, 0) is 4.74 Å². The summed E-state index contributed by atoms with van der Waals surface area (Å²) in [6.45, 7) is 0.988. The van der Waals surface area contributed by atoms with E-state index >= 15 is 0 Å². The number of ether oxygens (including phenoxy) is 1. The Labute approximate surface area is 104 Å². The molecule has 18 heavy (non-hydrogen) atoms. The van der Waals surface area contributed by atoms with Crippen LogP contribution in [0.3, 0.4) is 0 Å². The molecule has 1 aromatic carbocycles. The molecule has 0 aliphatic carbocycles. The summed E-state index contributed by atoms with van der Waals surface area (Å²) in [7, 11) is 0. The lowest BCUT2D eigenvalue weighted by molar-refractivity contribution is 0.0475. The van der Waals surface area contributed by atoms with E-state index in [0.717, 1.165) is 12.8 Å². The predicted molar refractivity (Wildman–Crippen MR) is 62.4 cm³/mol. The van der Waals surface area contributed by atoms with E-state index in [-0.39, 0.29) is 29.2 Å². The lowest BCUT2D eigenvalue weighted by atomic mass is 10.1. The van der Waals surface area contributed by atoms with Crippen LogP contribution < -0.4 is 0 Å². The van der Waals surface area contributed by atoms with Crippen molar-refractivity contribution in [3.05, 3.63) is 29.3 Å². The SMILES string of the molecule is O=C1c2ccc(O)cc2C(=O)N1CC1CCCO1. The molecular formula is C13H13NO4. The number of carbonyl (C=O) groups is 2. The summed E-state index contributed by atoms with van der Waals surface area (Å²) >= 11 is 0. The maximum absolute atomic E-state index is 12.1. The number of aromatic hydroxyl groups is 1. The maximum atomic E-state index is 12.1. The number of fused-ring (bicyclic) bond motifs is 1. The topological polar surface area (TPSA) is 66.8 Å². The van der Waals surface area contributed by atoms with Crippen LogP contribution in [0, 0.1) is 0 Å². The van der Waals surface area contributed by atoms with Crippen molar-refractivity contribution in [3.63, 3.8) is 0 Å². The highest BCUT2D eigenvalue weighted by molar-refractivity contribution is 6.21. The number of carbonyl (C=O) groups excluding carboxylic acids is 2. The molecule has 1 N–H and O–H groups in total. The van der Waals surface area contributed by atoms with Crippen LogP contribution in [0.15, 0.2) is 18.2 Å². The number of benzene rings is 1. The fourth-order valence-corrected chi connectivity index (χ4v) is 2.44. The molecule has 0 bridgehead atoms. The Balaban J connectivity index is 1.87. The van der Waals surface area contributed by atoms with Gasteiger partial charge in [0, 0.05) is 6.61 Å². The molecule has 2 aliphatic heterocycles. The van der Waals surface area contributed by atoms with E-state index in [9.17, 15) is 14.7 Å². The largest absolute Gasteiger partial charge is 0.508 e. The summed E-state index contributed by atoms with van der Waals surface area (Å²) in [5.41, 5.74) is 0.633. The summed E-state index contributed by atoms with van der Waals surface area (Å²) in [5.74, 6) is -0.652. The molecule has 0 aromatic heterocycles. The molecular weight excluding hydrogens is 234 g/mol. The van der Waals surface area contributed by atoms with E-state index in [1.54, 1.807) is 0 Å². The number of phenolic OH excluding ortho intramolecular Hbond substituents is 1. The zero-order chi connectivity index (χ0) is 12.7. The highest BCUT2D eigenvalue weighted by Crippen LogP contribution is 2.27. The highest BCUT2D eigenvalue weighted by atomic mass is 16.5. The third-order valence-corrected chi connectivity index (χ3v) is 3.36. The molecule has 5 nitrogen and oxygen atoms in total. The van der Waals surface area contributed by atoms with Gasteiger partial charge in [0.15, 0.2) is 0 Å². The van der Waals surface area contributed by atoms with Crippen LogP contribution in [0.1, 0.15) is 33.6 Å². The molecule has 0 saturated carbocycles. The predicted octanol–water partition coefficient (Wildman–Crippen LogP) is 1.17. The summed E-state index contributed by atoms with van der Waals surface area (Å²) in [4.78, 5) is 25.4. The average Bonchev–Trinajstić information content (AvgIpc) is 2.93. The van der Waals surface area contributed by atoms with Gasteiger partial charge in [-0.05, 0) is 31.0 Å². The van der Waals surface area contributed by atoms with Crippen molar-refractivity contribution >= 4 is 11.8 Å². The molecule has 1 saturated heterocycles. The molecule has 2 aliphatic rings. The first kappa shape index (κ1) is 11.2.